The van der Waals surface area contributed by atoms with E-state index in [9.17, 15) is 0 Å². The first kappa shape index (κ1) is 20.3. The Morgan fingerprint density at radius 3 is 1.74 bits per heavy atom. The molecule has 1 heteroatoms. The first-order valence-corrected chi connectivity index (χ1v) is 10.4. The number of benzene rings is 4. The summed E-state index contributed by atoms with van der Waals surface area (Å²) in [6.45, 7) is 0.546. The highest BCUT2D eigenvalue weighted by molar-refractivity contribution is 5.80. The summed E-state index contributed by atoms with van der Waals surface area (Å²) in [4.78, 5) is 0. The van der Waals surface area contributed by atoms with Crippen LogP contribution in [-0.2, 0) is 6.61 Å². The van der Waals surface area contributed by atoms with Gasteiger partial charge in [0.25, 0.3) is 0 Å². The lowest BCUT2D eigenvalue weighted by Crippen LogP contribution is -1.98. The van der Waals surface area contributed by atoms with Crippen molar-refractivity contribution in [3.63, 3.8) is 0 Å². The monoisotopic (exact) mass is 400 g/mol. The Bertz CT molecular complexity index is 1110. The topological polar surface area (TPSA) is 9.23 Å². The molecular formula is C30H24O. The molecule has 0 aliphatic rings. The molecule has 0 N–H and O–H groups in total. The van der Waals surface area contributed by atoms with Gasteiger partial charge in [-0.15, -0.1) is 6.42 Å². The number of allylic oxidation sites excluding steroid dienone is 1. The molecule has 0 bridgehead atoms. The van der Waals surface area contributed by atoms with E-state index in [1.807, 2.05) is 42.5 Å². The second-order valence-electron chi connectivity index (χ2n) is 7.30. The van der Waals surface area contributed by atoms with E-state index in [2.05, 4.69) is 84.8 Å². The van der Waals surface area contributed by atoms with Crippen LogP contribution in [0.25, 0.3) is 5.57 Å². The molecule has 0 aliphatic heterocycles. The van der Waals surface area contributed by atoms with E-state index in [0.717, 1.165) is 33.6 Å². The molecule has 0 saturated carbocycles. The summed E-state index contributed by atoms with van der Waals surface area (Å²) in [6, 6.07) is 39.0. The predicted molar refractivity (Wildman–Crippen MR) is 129 cm³/mol. The number of ether oxygens (including phenoxy) is 1. The van der Waals surface area contributed by atoms with Crippen LogP contribution in [0, 0.1) is 12.3 Å². The van der Waals surface area contributed by atoms with Gasteiger partial charge in [0.2, 0.25) is 0 Å². The van der Waals surface area contributed by atoms with E-state index in [0.29, 0.717) is 6.61 Å². The lowest BCUT2D eigenvalue weighted by molar-refractivity contribution is 0.306. The third-order valence-electron chi connectivity index (χ3n) is 5.17. The second-order valence-corrected chi connectivity index (χ2v) is 7.30. The van der Waals surface area contributed by atoms with Crippen molar-refractivity contribution in [1.82, 2.24) is 0 Å². The van der Waals surface area contributed by atoms with Crippen molar-refractivity contribution in [3.05, 3.63) is 144 Å². The van der Waals surface area contributed by atoms with E-state index < -0.39 is 0 Å². The summed E-state index contributed by atoms with van der Waals surface area (Å²) in [6.07, 6.45) is 8.13. The fourth-order valence-corrected chi connectivity index (χ4v) is 3.51. The van der Waals surface area contributed by atoms with Crippen LogP contribution >= 0.6 is 0 Å². The summed E-state index contributed by atoms with van der Waals surface area (Å²) >= 11 is 0. The number of rotatable bonds is 7. The Morgan fingerprint density at radius 2 is 1.23 bits per heavy atom. The fraction of sp³-hybridized carbons (Fsp3) is 0.0667. The quantitative estimate of drug-likeness (QED) is 0.300. The van der Waals surface area contributed by atoms with E-state index in [-0.39, 0.29) is 5.92 Å². The van der Waals surface area contributed by atoms with Crippen molar-refractivity contribution in [2.24, 2.45) is 0 Å². The van der Waals surface area contributed by atoms with Crippen molar-refractivity contribution < 1.29 is 4.74 Å². The molecule has 0 saturated heterocycles. The van der Waals surface area contributed by atoms with Crippen LogP contribution in [0.5, 0.6) is 5.75 Å². The number of terminal acetylenes is 1. The van der Waals surface area contributed by atoms with Crippen LogP contribution < -0.4 is 4.74 Å². The van der Waals surface area contributed by atoms with E-state index in [1.54, 1.807) is 0 Å². The smallest absolute Gasteiger partial charge is 0.119 e. The Morgan fingerprint density at radius 1 is 0.710 bits per heavy atom. The SMILES string of the molecule is C#CC(C=C(c1ccccc1)c1ccccc1)c1ccc(OCc2ccccc2)cc1. The number of hydrogen-bond acceptors (Lipinski definition) is 1. The number of hydrogen-bond donors (Lipinski definition) is 0. The zero-order valence-electron chi connectivity index (χ0n) is 17.3. The van der Waals surface area contributed by atoms with Crippen LogP contribution in [0.2, 0.25) is 0 Å². The average molecular weight is 401 g/mol. The standard InChI is InChI=1S/C30H24O/c1-2-25(22-30(27-14-8-4-9-15-27)28-16-10-5-11-17-28)26-18-20-29(21-19-26)31-23-24-12-6-3-7-13-24/h1,3-22,25H,23H2. The molecule has 4 aromatic carbocycles. The summed E-state index contributed by atoms with van der Waals surface area (Å²) in [5, 5.41) is 0. The van der Waals surface area contributed by atoms with Gasteiger partial charge < -0.3 is 4.74 Å². The lowest BCUT2D eigenvalue weighted by Gasteiger charge is -2.14. The van der Waals surface area contributed by atoms with Crippen LogP contribution in [0.1, 0.15) is 28.2 Å². The first-order valence-electron chi connectivity index (χ1n) is 10.4. The second kappa shape index (κ2) is 10.1. The largest absolute Gasteiger partial charge is 0.489 e. The molecule has 1 unspecified atom stereocenters. The van der Waals surface area contributed by atoms with Crippen molar-refractivity contribution >= 4 is 5.57 Å². The predicted octanol–water partition coefficient (Wildman–Crippen LogP) is 7.11. The van der Waals surface area contributed by atoms with Crippen LogP contribution in [-0.4, -0.2) is 0 Å². The normalized spacial score (nSPS) is 11.2. The summed E-state index contributed by atoms with van der Waals surface area (Å²) in [5.74, 6) is 3.64. The fourth-order valence-electron chi connectivity index (χ4n) is 3.51. The highest BCUT2D eigenvalue weighted by Gasteiger charge is 2.11. The Kier molecular flexibility index (Phi) is 6.63. The molecule has 4 aromatic rings. The van der Waals surface area contributed by atoms with Crippen molar-refractivity contribution in [3.8, 4) is 18.1 Å². The van der Waals surface area contributed by atoms with Crippen molar-refractivity contribution in [2.75, 3.05) is 0 Å². The summed E-state index contributed by atoms with van der Waals surface area (Å²) < 4.78 is 5.91. The molecule has 0 aromatic heterocycles. The highest BCUT2D eigenvalue weighted by atomic mass is 16.5. The van der Waals surface area contributed by atoms with Crippen LogP contribution in [0.4, 0.5) is 0 Å². The van der Waals surface area contributed by atoms with Gasteiger partial charge in [-0.05, 0) is 40.0 Å². The molecule has 150 valence electrons. The molecule has 0 amide bonds. The van der Waals surface area contributed by atoms with Crippen LogP contribution in [0.15, 0.2) is 121 Å². The molecule has 0 fully saturated rings. The van der Waals surface area contributed by atoms with Crippen molar-refractivity contribution in [1.29, 1.82) is 0 Å². The minimum Gasteiger partial charge on any atom is -0.489 e. The molecular weight excluding hydrogens is 376 g/mol. The molecule has 4 rings (SSSR count). The summed E-state index contributed by atoms with van der Waals surface area (Å²) in [5.41, 5.74) is 5.65. The molecule has 1 atom stereocenters. The van der Waals surface area contributed by atoms with E-state index >= 15 is 0 Å². The minimum atomic E-state index is -0.140. The molecule has 0 aliphatic carbocycles. The first-order chi connectivity index (χ1) is 15.3. The van der Waals surface area contributed by atoms with Gasteiger partial charge in [-0.3, -0.25) is 0 Å². The van der Waals surface area contributed by atoms with E-state index in [1.165, 1.54) is 0 Å². The maximum Gasteiger partial charge on any atom is 0.119 e. The Labute approximate surface area is 184 Å². The minimum absolute atomic E-state index is 0.140. The average Bonchev–Trinajstić information content (AvgIpc) is 2.86. The van der Waals surface area contributed by atoms with Gasteiger partial charge >= 0.3 is 0 Å². The molecule has 1 nitrogen and oxygen atoms in total. The van der Waals surface area contributed by atoms with Gasteiger partial charge in [0.05, 0.1) is 5.92 Å². The molecule has 0 spiro atoms. The lowest BCUT2D eigenvalue weighted by atomic mass is 9.91. The Balaban J connectivity index is 1.58. The molecule has 31 heavy (non-hydrogen) atoms. The van der Waals surface area contributed by atoms with Gasteiger partial charge in [0, 0.05) is 0 Å². The third-order valence-corrected chi connectivity index (χ3v) is 5.17. The van der Waals surface area contributed by atoms with Gasteiger partial charge in [-0.25, -0.2) is 0 Å². The molecule has 0 heterocycles. The third kappa shape index (κ3) is 5.32. The van der Waals surface area contributed by atoms with Gasteiger partial charge in [-0.1, -0.05) is 115 Å². The maximum atomic E-state index is 5.96. The van der Waals surface area contributed by atoms with Gasteiger partial charge in [0.15, 0.2) is 0 Å². The zero-order valence-corrected chi connectivity index (χ0v) is 17.3. The Hall–Kier alpha value is -4.02. The van der Waals surface area contributed by atoms with Gasteiger partial charge in [0.1, 0.15) is 12.4 Å². The molecule has 0 radical (unpaired) electrons. The zero-order chi connectivity index (χ0) is 21.3. The summed E-state index contributed by atoms with van der Waals surface area (Å²) in [7, 11) is 0. The maximum absolute atomic E-state index is 5.96. The highest BCUT2D eigenvalue weighted by Crippen LogP contribution is 2.29. The van der Waals surface area contributed by atoms with E-state index in [4.69, 9.17) is 11.2 Å². The van der Waals surface area contributed by atoms with Gasteiger partial charge in [-0.2, -0.15) is 0 Å². The van der Waals surface area contributed by atoms with Crippen molar-refractivity contribution in [2.45, 2.75) is 12.5 Å². The van der Waals surface area contributed by atoms with Crippen LogP contribution in [0.3, 0.4) is 0 Å².